The predicted octanol–water partition coefficient (Wildman–Crippen LogP) is 0.829. The maximum absolute atomic E-state index is 10.2. The van der Waals surface area contributed by atoms with Crippen molar-refractivity contribution >= 4 is 11.8 Å². The van der Waals surface area contributed by atoms with E-state index in [1.807, 2.05) is 0 Å². The molecule has 6 nitrogen and oxygen atoms in total. The molecule has 0 unspecified atom stereocenters. The van der Waals surface area contributed by atoms with Crippen molar-refractivity contribution in [2.75, 3.05) is 13.1 Å². The van der Waals surface area contributed by atoms with Crippen LogP contribution in [0, 0.1) is 0 Å². The first-order valence-electron chi connectivity index (χ1n) is 6.40. The Balaban J connectivity index is 0. The summed E-state index contributed by atoms with van der Waals surface area (Å²) in [5, 5.41) is 3.35. The molecule has 0 bridgehead atoms. The van der Waals surface area contributed by atoms with Gasteiger partial charge in [0.1, 0.15) is 0 Å². The summed E-state index contributed by atoms with van der Waals surface area (Å²) in [4.78, 5) is 20.3. The molecule has 0 atom stereocenters. The second-order valence-electron chi connectivity index (χ2n) is 4.30. The SMILES string of the molecule is C1CCCNCC1.N.NC(=O)CCCCC(N)=O. The first-order chi connectivity index (χ1) is 8.13. The van der Waals surface area contributed by atoms with Crippen LogP contribution >= 0.6 is 0 Å². The Hall–Kier alpha value is -1.14. The van der Waals surface area contributed by atoms with Crippen LogP contribution in [0.15, 0.2) is 0 Å². The van der Waals surface area contributed by atoms with Crippen molar-refractivity contribution in [1.82, 2.24) is 11.5 Å². The standard InChI is InChI=1S/C6H12N2O2.C6H13N.H3N/c7-5(9)3-1-2-4-6(8)10;1-2-4-6-7-5-3-1;/h1-4H2,(H2,7,9)(H2,8,10);7H,1-6H2;1H3. The van der Waals surface area contributed by atoms with E-state index in [1.165, 1.54) is 38.8 Å². The summed E-state index contributed by atoms with van der Waals surface area (Å²) < 4.78 is 0. The van der Waals surface area contributed by atoms with Gasteiger partial charge >= 0.3 is 0 Å². The highest BCUT2D eigenvalue weighted by Crippen LogP contribution is 2.00. The molecule has 0 aromatic rings. The molecular formula is C12H28N4O2. The van der Waals surface area contributed by atoms with E-state index < -0.39 is 0 Å². The Morgan fingerprint density at radius 1 is 0.833 bits per heavy atom. The first-order valence-corrected chi connectivity index (χ1v) is 6.40. The van der Waals surface area contributed by atoms with Crippen LogP contribution in [0.1, 0.15) is 51.4 Å². The third-order valence-electron chi connectivity index (χ3n) is 2.55. The van der Waals surface area contributed by atoms with E-state index in [-0.39, 0.29) is 18.0 Å². The van der Waals surface area contributed by atoms with E-state index >= 15 is 0 Å². The molecule has 1 aliphatic rings. The summed E-state index contributed by atoms with van der Waals surface area (Å²) >= 11 is 0. The molecule has 0 aliphatic carbocycles. The zero-order chi connectivity index (χ0) is 12.9. The molecular weight excluding hydrogens is 232 g/mol. The normalized spacial score (nSPS) is 14.4. The predicted molar refractivity (Wildman–Crippen MR) is 73.2 cm³/mol. The average Bonchev–Trinajstić information content (AvgIpc) is 2.56. The van der Waals surface area contributed by atoms with Gasteiger partial charge in [0, 0.05) is 12.8 Å². The summed E-state index contributed by atoms with van der Waals surface area (Å²) in [6.07, 6.45) is 7.64. The van der Waals surface area contributed by atoms with Crippen LogP contribution < -0.4 is 22.9 Å². The van der Waals surface area contributed by atoms with Crippen molar-refractivity contribution in [3.8, 4) is 0 Å². The zero-order valence-electron chi connectivity index (χ0n) is 11.2. The highest BCUT2D eigenvalue weighted by molar-refractivity contribution is 5.74. The van der Waals surface area contributed by atoms with Crippen molar-refractivity contribution in [3.05, 3.63) is 0 Å². The maximum atomic E-state index is 10.2. The van der Waals surface area contributed by atoms with E-state index in [0.29, 0.717) is 25.7 Å². The molecule has 1 aliphatic heterocycles. The average molecular weight is 260 g/mol. The first kappa shape index (κ1) is 19.2. The molecule has 108 valence electrons. The zero-order valence-corrected chi connectivity index (χ0v) is 11.2. The van der Waals surface area contributed by atoms with E-state index in [9.17, 15) is 9.59 Å². The Bertz CT molecular complexity index is 186. The fraction of sp³-hybridized carbons (Fsp3) is 0.833. The van der Waals surface area contributed by atoms with Crippen molar-refractivity contribution in [3.63, 3.8) is 0 Å². The Kier molecular flexibility index (Phi) is 14.9. The van der Waals surface area contributed by atoms with Crippen molar-refractivity contribution in [2.24, 2.45) is 11.5 Å². The third-order valence-corrected chi connectivity index (χ3v) is 2.55. The van der Waals surface area contributed by atoms with Crippen molar-refractivity contribution in [1.29, 1.82) is 0 Å². The second kappa shape index (κ2) is 13.9. The van der Waals surface area contributed by atoms with Gasteiger partial charge in [-0.05, 0) is 38.8 Å². The molecule has 1 heterocycles. The minimum atomic E-state index is -0.329. The van der Waals surface area contributed by atoms with Gasteiger partial charge < -0.3 is 22.9 Å². The fourth-order valence-electron chi connectivity index (χ4n) is 1.58. The number of unbranched alkanes of at least 4 members (excludes halogenated alkanes) is 1. The quantitative estimate of drug-likeness (QED) is 0.545. The minimum absolute atomic E-state index is 0. The molecule has 1 rings (SSSR count). The topological polar surface area (TPSA) is 133 Å². The molecule has 2 amide bonds. The number of rotatable bonds is 5. The van der Waals surface area contributed by atoms with Gasteiger partial charge in [-0.3, -0.25) is 9.59 Å². The van der Waals surface area contributed by atoms with Gasteiger partial charge in [0.15, 0.2) is 0 Å². The van der Waals surface area contributed by atoms with Gasteiger partial charge in [-0.15, -0.1) is 0 Å². The number of hydrogen-bond acceptors (Lipinski definition) is 4. The summed E-state index contributed by atoms with van der Waals surface area (Å²) in [6.45, 7) is 2.50. The Labute approximate surface area is 109 Å². The molecule has 0 radical (unpaired) electrons. The third kappa shape index (κ3) is 17.3. The minimum Gasteiger partial charge on any atom is -0.370 e. The second-order valence-corrected chi connectivity index (χ2v) is 4.30. The number of hydrogen-bond donors (Lipinski definition) is 4. The molecule has 0 aromatic carbocycles. The lowest BCUT2D eigenvalue weighted by molar-refractivity contribution is -0.119. The van der Waals surface area contributed by atoms with Gasteiger partial charge in [-0.25, -0.2) is 0 Å². The van der Waals surface area contributed by atoms with Gasteiger partial charge in [0.25, 0.3) is 0 Å². The van der Waals surface area contributed by atoms with Crippen molar-refractivity contribution < 1.29 is 9.59 Å². The monoisotopic (exact) mass is 260 g/mol. The van der Waals surface area contributed by atoms with Crippen LogP contribution in [0.3, 0.4) is 0 Å². The summed E-state index contributed by atoms with van der Waals surface area (Å²) in [7, 11) is 0. The summed E-state index contributed by atoms with van der Waals surface area (Å²) in [5.41, 5.74) is 9.71. The molecule has 0 aromatic heterocycles. The molecule has 1 fully saturated rings. The van der Waals surface area contributed by atoms with E-state index in [0.717, 1.165) is 0 Å². The number of nitrogens with one attached hydrogen (secondary N) is 1. The van der Waals surface area contributed by atoms with Crippen LogP contribution in [0.5, 0.6) is 0 Å². The lowest BCUT2D eigenvalue weighted by Gasteiger charge is -1.93. The molecule has 6 heteroatoms. The van der Waals surface area contributed by atoms with Crippen LogP contribution in [-0.4, -0.2) is 24.9 Å². The molecule has 0 saturated carbocycles. The van der Waals surface area contributed by atoms with Crippen LogP contribution in [0.25, 0.3) is 0 Å². The van der Waals surface area contributed by atoms with Gasteiger partial charge in [0.2, 0.25) is 11.8 Å². The van der Waals surface area contributed by atoms with E-state index in [2.05, 4.69) is 5.32 Å². The number of amides is 2. The van der Waals surface area contributed by atoms with E-state index in [4.69, 9.17) is 11.5 Å². The molecule has 1 saturated heterocycles. The lowest BCUT2D eigenvalue weighted by atomic mass is 10.2. The highest BCUT2D eigenvalue weighted by atomic mass is 16.1. The molecule has 0 spiro atoms. The fourth-order valence-corrected chi connectivity index (χ4v) is 1.58. The van der Waals surface area contributed by atoms with E-state index in [1.54, 1.807) is 0 Å². The lowest BCUT2D eigenvalue weighted by Crippen LogP contribution is -2.12. The van der Waals surface area contributed by atoms with Crippen LogP contribution in [0.4, 0.5) is 0 Å². The van der Waals surface area contributed by atoms with Crippen LogP contribution in [-0.2, 0) is 9.59 Å². The highest BCUT2D eigenvalue weighted by Gasteiger charge is 1.96. The number of nitrogens with two attached hydrogens (primary N) is 2. The van der Waals surface area contributed by atoms with Gasteiger partial charge in [-0.1, -0.05) is 12.8 Å². The Morgan fingerprint density at radius 2 is 1.22 bits per heavy atom. The summed E-state index contributed by atoms with van der Waals surface area (Å²) in [6, 6.07) is 0. The number of carbonyl (C=O) groups is 2. The van der Waals surface area contributed by atoms with Gasteiger partial charge in [-0.2, -0.15) is 0 Å². The Morgan fingerprint density at radius 3 is 1.56 bits per heavy atom. The summed E-state index contributed by atoms with van der Waals surface area (Å²) in [5.74, 6) is -0.658. The van der Waals surface area contributed by atoms with Crippen LogP contribution in [0.2, 0.25) is 0 Å². The largest absolute Gasteiger partial charge is 0.370 e. The maximum Gasteiger partial charge on any atom is 0.217 e. The smallest absolute Gasteiger partial charge is 0.217 e. The van der Waals surface area contributed by atoms with Gasteiger partial charge in [0.05, 0.1) is 0 Å². The number of primary amides is 2. The number of carbonyl (C=O) groups excluding carboxylic acids is 2. The molecule has 18 heavy (non-hydrogen) atoms. The van der Waals surface area contributed by atoms with Crippen molar-refractivity contribution in [2.45, 2.75) is 51.4 Å². The molecule has 8 N–H and O–H groups in total.